The molecule has 2 N–H and O–H groups in total. The molecule has 0 aromatic heterocycles. The summed E-state index contributed by atoms with van der Waals surface area (Å²) in [5, 5.41) is 11.3. The highest BCUT2D eigenvalue weighted by molar-refractivity contribution is 5.74. The zero-order chi connectivity index (χ0) is 15.9. The fourth-order valence-electron chi connectivity index (χ4n) is 2.53. The van der Waals surface area contributed by atoms with Gasteiger partial charge in [-0.25, -0.2) is 4.79 Å². The number of nitrogens with one attached hydrogen (secondary N) is 1. The van der Waals surface area contributed by atoms with Crippen LogP contribution in [0.3, 0.4) is 0 Å². The second kappa shape index (κ2) is 7.79. The van der Waals surface area contributed by atoms with E-state index in [0.29, 0.717) is 26.1 Å². The van der Waals surface area contributed by atoms with Crippen LogP contribution in [0, 0.1) is 0 Å². The number of hydrogen-bond donors (Lipinski definition) is 2. The van der Waals surface area contributed by atoms with Gasteiger partial charge in [-0.2, -0.15) is 0 Å². The highest BCUT2D eigenvalue weighted by atomic mass is 16.5. The van der Waals surface area contributed by atoms with E-state index in [-0.39, 0.29) is 18.6 Å². The SMILES string of the molecule is CN(CC1OCCc2ccccc21)C(=O)NCCCC(=O)O. The summed E-state index contributed by atoms with van der Waals surface area (Å²) in [7, 11) is 1.72. The Kier molecular flexibility index (Phi) is 5.77. The molecule has 1 aromatic carbocycles. The Morgan fingerprint density at radius 3 is 2.95 bits per heavy atom. The van der Waals surface area contributed by atoms with E-state index in [0.717, 1.165) is 12.0 Å². The van der Waals surface area contributed by atoms with Gasteiger partial charge < -0.3 is 20.1 Å². The lowest BCUT2D eigenvalue weighted by Crippen LogP contribution is -2.41. The molecular formula is C16H22N2O4. The Bertz CT molecular complexity index is 533. The molecule has 1 aromatic rings. The molecule has 1 aliphatic rings. The van der Waals surface area contributed by atoms with Crippen molar-refractivity contribution in [3.05, 3.63) is 35.4 Å². The van der Waals surface area contributed by atoms with Crippen molar-refractivity contribution in [2.24, 2.45) is 0 Å². The lowest BCUT2D eigenvalue weighted by atomic mass is 9.97. The first-order valence-electron chi connectivity index (χ1n) is 7.48. The van der Waals surface area contributed by atoms with Crippen molar-refractivity contribution in [2.75, 3.05) is 26.7 Å². The van der Waals surface area contributed by atoms with Crippen LogP contribution in [0.2, 0.25) is 0 Å². The molecule has 6 heteroatoms. The summed E-state index contributed by atoms with van der Waals surface area (Å²) in [6, 6.07) is 7.92. The van der Waals surface area contributed by atoms with E-state index in [2.05, 4.69) is 11.4 Å². The summed E-state index contributed by atoms with van der Waals surface area (Å²) in [6.45, 7) is 1.50. The largest absolute Gasteiger partial charge is 0.481 e. The second-order valence-corrected chi connectivity index (χ2v) is 5.42. The monoisotopic (exact) mass is 306 g/mol. The molecule has 1 heterocycles. The summed E-state index contributed by atoms with van der Waals surface area (Å²) in [5.41, 5.74) is 2.41. The Balaban J connectivity index is 1.83. The van der Waals surface area contributed by atoms with Crippen molar-refractivity contribution >= 4 is 12.0 Å². The summed E-state index contributed by atoms with van der Waals surface area (Å²) in [5.74, 6) is -0.852. The quantitative estimate of drug-likeness (QED) is 0.786. The molecule has 0 radical (unpaired) electrons. The van der Waals surface area contributed by atoms with Crippen molar-refractivity contribution in [3.63, 3.8) is 0 Å². The maximum atomic E-state index is 12.0. The first-order valence-corrected chi connectivity index (χ1v) is 7.48. The Morgan fingerprint density at radius 1 is 1.41 bits per heavy atom. The Labute approximate surface area is 130 Å². The molecule has 1 atom stereocenters. The van der Waals surface area contributed by atoms with Crippen LogP contribution < -0.4 is 5.32 Å². The smallest absolute Gasteiger partial charge is 0.317 e. The highest BCUT2D eigenvalue weighted by Crippen LogP contribution is 2.27. The zero-order valence-corrected chi connectivity index (χ0v) is 12.7. The molecule has 120 valence electrons. The van der Waals surface area contributed by atoms with Crippen LogP contribution in [-0.2, 0) is 16.0 Å². The van der Waals surface area contributed by atoms with Gasteiger partial charge in [0.15, 0.2) is 0 Å². The van der Waals surface area contributed by atoms with Gasteiger partial charge in [0.1, 0.15) is 6.10 Å². The van der Waals surface area contributed by atoms with Gasteiger partial charge in [-0.3, -0.25) is 4.79 Å². The number of carbonyl (C=O) groups is 2. The van der Waals surface area contributed by atoms with Gasteiger partial charge in [-0.05, 0) is 24.0 Å². The molecule has 1 aliphatic heterocycles. The van der Waals surface area contributed by atoms with E-state index >= 15 is 0 Å². The average molecular weight is 306 g/mol. The number of hydrogen-bond acceptors (Lipinski definition) is 3. The summed E-state index contributed by atoms with van der Waals surface area (Å²) in [4.78, 5) is 24.0. The summed E-state index contributed by atoms with van der Waals surface area (Å²) < 4.78 is 5.78. The Hall–Kier alpha value is -2.08. The Morgan fingerprint density at radius 2 is 2.18 bits per heavy atom. The van der Waals surface area contributed by atoms with Crippen molar-refractivity contribution in [2.45, 2.75) is 25.4 Å². The molecule has 1 unspecified atom stereocenters. The normalized spacial score (nSPS) is 16.7. The number of likely N-dealkylation sites (N-methyl/N-ethyl adjacent to an activating group) is 1. The number of benzene rings is 1. The number of nitrogens with zero attached hydrogens (tertiary/aromatic N) is 1. The third kappa shape index (κ3) is 4.46. The maximum absolute atomic E-state index is 12.0. The van der Waals surface area contributed by atoms with Crippen LogP contribution in [0.1, 0.15) is 30.1 Å². The van der Waals surface area contributed by atoms with Crippen molar-refractivity contribution in [1.82, 2.24) is 10.2 Å². The molecule has 0 aliphatic carbocycles. The minimum Gasteiger partial charge on any atom is -0.481 e. The first-order chi connectivity index (χ1) is 10.6. The van der Waals surface area contributed by atoms with Gasteiger partial charge in [0, 0.05) is 20.0 Å². The lowest BCUT2D eigenvalue weighted by Gasteiger charge is -2.29. The number of carboxylic acids is 1. The zero-order valence-electron chi connectivity index (χ0n) is 12.7. The van der Waals surface area contributed by atoms with Gasteiger partial charge in [0.2, 0.25) is 0 Å². The van der Waals surface area contributed by atoms with Crippen LogP contribution in [-0.4, -0.2) is 48.8 Å². The fourth-order valence-corrected chi connectivity index (χ4v) is 2.53. The topological polar surface area (TPSA) is 78.9 Å². The molecule has 2 rings (SSSR count). The first kappa shape index (κ1) is 16.3. The van der Waals surface area contributed by atoms with Gasteiger partial charge >= 0.3 is 12.0 Å². The van der Waals surface area contributed by atoms with Gasteiger partial charge in [-0.1, -0.05) is 24.3 Å². The number of urea groups is 1. The third-order valence-electron chi connectivity index (χ3n) is 3.72. The minimum atomic E-state index is -0.852. The van der Waals surface area contributed by atoms with Crippen LogP contribution >= 0.6 is 0 Å². The average Bonchev–Trinajstić information content (AvgIpc) is 2.51. The lowest BCUT2D eigenvalue weighted by molar-refractivity contribution is -0.137. The van der Waals surface area contributed by atoms with Crippen molar-refractivity contribution < 1.29 is 19.4 Å². The minimum absolute atomic E-state index is 0.0586. The van der Waals surface area contributed by atoms with E-state index in [9.17, 15) is 9.59 Å². The summed E-state index contributed by atoms with van der Waals surface area (Å²) >= 11 is 0. The molecular weight excluding hydrogens is 284 g/mol. The van der Waals surface area contributed by atoms with E-state index in [1.165, 1.54) is 5.56 Å². The molecule has 6 nitrogen and oxygen atoms in total. The van der Waals surface area contributed by atoms with E-state index in [1.807, 2.05) is 18.2 Å². The maximum Gasteiger partial charge on any atom is 0.317 e. The number of amides is 2. The number of rotatable bonds is 6. The van der Waals surface area contributed by atoms with Crippen LogP contribution in [0.5, 0.6) is 0 Å². The third-order valence-corrected chi connectivity index (χ3v) is 3.72. The fraction of sp³-hybridized carbons (Fsp3) is 0.500. The van der Waals surface area contributed by atoms with Gasteiger partial charge in [0.05, 0.1) is 13.2 Å². The van der Waals surface area contributed by atoms with Gasteiger partial charge in [0.25, 0.3) is 0 Å². The van der Waals surface area contributed by atoms with Gasteiger partial charge in [-0.15, -0.1) is 0 Å². The van der Waals surface area contributed by atoms with Crippen LogP contribution in [0.4, 0.5) is 4.79 Å². The molecule has 22 heavy (non-hydrogen) atoms. The van der Waals surface area contributed by atoms with Crippen LogP contribution in [0.15, 0.2) is 24.3 Å². The number of ether oxygens (including phenoxy) is 1. The molecule has 0 fully saturated rings. The van der Waals surface area contributed by atoms with Crippen molar-refractivity contribution in [1.29, 1.82) is 0 Å². The predicted molar refractivity (Wildman–Crippen MR) is 81.7 cm³/mol. The van der Waals surface area contributed by atoms with E-state index in [1.54, 1.807) is 11.9 Å². The van der Waals surface area contributed by atoms with Crippen LogP contribution in [0.25, 0.3) is 0 Å². The molecule has 0 bridgehead atoms. The molecule has 2 amide bonds. The predicted octanol–water partition coefficient (Wildman–Crippen LogP) is 1.81. The van der Waals surface area contributed by atoms with Crippen molar-refractivity contribution in [3.8, 4) is 0 Å². The highest BCUT2D eigenvalue weighted by Gasteiger charge is 2.23. The summed E-state index contributed by atoms with van der Waals surface area (Å²) in [6.07, 6.45) is 1.28. The number of carboxylic acid groups (broad SMARTS) is 1. The molecule has 0 saturated heterocycles. The molecule has 0 spiro atoms. The number of carbonyl (C=O) groups excluding carboxylic acids is 1. The number of fused-ring (bicyclic) bond motifs is 1. The van der Waals surface area contributed by atoms with E-state index < -0.39 is 5.97 Å². The molecule has 0 saturated carbocycles. The standard InChI is InChI=1S/C16H22N2O4/c1-18(16(21)17-9-4-7-15(19)20)11-14-13-6-3-2-5-12(13)8-10-22-14/h2-3,5-6,14H,4,7-11H2,1H3,(H,17,21)(H,19,20). The van der Waals surface area contributed by atoms with E-state index in [4.69, 9.17) is 9.84 Å². The second-order valence-electron chi connectivity index (χ2n) is 5.42. The number of aliphatic carboxylic acids is 1.